The van der Waals surface area contributed by atoms with Crippen LogP contribution in [0, 0.1) is 0 Å². The zero-order valence-corrected chi connectivity index (χ0v) is 20.2. The molecule has 0 aliphatic rings. The highest BCUT2D eigenvalue weighted by Crippen LogP contribution is 2.19. The molecule has 0 fully saturated rings. The van der Waals surface area contributed by atoms with Crippen molar-refractivity contribution in [2.45, 2.75) is 16.2 Å². The molecule has 1 N–H and O–H groups in total. The van der Waals surface area contributed by atoms with Gasteiger partial charge in [0.05, 0.1) is 22.9 Å². The van der Waals surface area contributed by atoms with Gasteiger partial charge in [-0.3, -0.25) is 9.69 Å². The summed E-state index contributed by atoms with van der Waals surface area (Å²) in [5, 5.41) is 2.71. The normalized spacial score (nSPS) is 12.2. The average molecular weight is 484 g/mol. The van der Waals surface area contributed by atoms with Crippen molar-refractivity contribution < 1.29 is 26.4 Å². The fourth-order valence-electron chi connectivity index (χ4n) is 2.79. The summed E-state index contributed by atoms with van der Waals surface area (Å²) in [4.78, 5) is 14.4. The molecule has 1 amide bonds. The first-order valence-corrected chi connectivity index (χ1v) is 13.2. The van der Waals surface area contributed by atoms with Gasteiger partial charge in [-0.1, -0.05) is 12.1 Å². The fourth-order valence-corrected chi connectivity index (χ4v) is 4.39. The second-order valence-electron chi connectivity index (χ2n) is 7.55. The molecule has 0 saturated carbocycles. The number of sulfone groups is 1. The number of anilines is 1. The zero-order chi connectivity index (χ0) is 23.9. The summed E-state index contributed by atoms with van der Waals surface area (Å²) < 4.78 is 54.4. The molecule has 0 aliphatic carbocycles. The number of hydrogen-bond donors (Lipinski definition) is 1. The molecule has 0 heterocycles. The number of rotatable bonds is 11. The Morgan fingerprint density at radius 3 is 2.28 bits per heavy atom. The molecule has 2 aromatic rings. The second kappa shape index (κ2) is 10.9. The summed E-state index contributed by atoms with van der Waals surface area (Å²) in [5.41, 5.74) is 0.403. The van der Waals surface area contributed by atoms with Crippen molar-refractivity contribution in [2.24, 2.45) is 0 Å². The SMILES string of the molecule is CN(CCCOc1cccc(S(C)(=O)=O)c1)CC(=O)Nc1cccc(S(=O)(=O)N(C)C)c1. The zero-order valence-electron chi connectivity index (χ0n) is 18.6. The minimum absolute atomic E-state index is 0.103. The molecule has 2 aromatic carbocycles. The molecule has 11 heteroatoms. The highest BCUT2D eigenvalue weighted by molar-refractivity contribution is 7.90. The number of carbonyl (C=O) groups is 1. The van der Waals surface area contributed by atoms with Gasteiger partial charge in [-0.15, -0.1) is 0 Å². The first-order valence-electron chi connectivity index (χ1n) is 9.83. The molecule has 32 heavy (non-hydrogen) atoms. The Morgan fingerprint density at radius 1 is 0.969 bits per heavy atom. The Morgan fingerprint density at radius 2 is 1.62 bits per heavy atom. The minimum atomic E-state index is -3.58. The van der Waals surface area contributed by atoms with Crippen molar-refractivity contribution in [2.75, 3.05) is 52.4 Å². The van der Waals surface area contributed by atoms with Crippen LogP contribution >= 0.6 is 0 Å². The van der Waals surface area contributed by atoms with Crippen LogP contribution in [-0.4, -0.2) is 79.0 Å². The Kier molecular flexibility index (Phi) is 8.79. The van der Waals surface area contributed by atoms with Crippen LogP contribution in [0.1, 0.15) is 6.42 Å². The van der Waals surface area contributed by atoms with E-state index in [4.69, 9.17) is 4.74 Å². The number of amides is 1. The number of nitrogens with one attached hydrogen (secondary N) is 1. The van der Waals surface area contributed by atoms with Crippen molar-refractivity contribution in [3.63, 3.8) is 0 Å². The van der Waals surface area contributed by atoms with Crippen molar-refractivity contribution >= 4 is 31.5 Å². The lowest BCUT2D eigenvalue weighted by molar-refractivity contribution is -0.117. The molecule has 0 bridgehead atoms. The monoisotopic (exact) mass is 483 g/mol. The van der Waals surface area contributed by atoms with Crippen LogP contribution in [0.25, 0.3) is 0 Å². The van der Waals surface area contributed by atoms with E-state index in [1.807, 2.05) is 4.90 Å². The van der Waals surface area contributed by atoms with Crippen LogP contribution in [0.2, 0.25) is 0 Å². The van der Waals surface area contributed by atoms with Crippen LogP contribution in [0.3, 0.4) is 0 Å². The molecular formula is C21H29N3O6S2. The molecule has 0 aliphatic heterocycles. The predicted octanol–water partition coefficient (Wildman–Crippen LogP) is 1.68. The number of ether oxygens (including phenoxy) is 1. The highest BCUT2D eigenvalue weighted by atomic mass is 32.2. The quantitative estimate of drug-likeness (QED) is 0.484. The largest absolute Gasteiger partial charge is 0.494 e. The van der Waals surface area contributed by atoms with E-state index in [-0.39, 0.29) is 22.2 Å². The third kappa shape index (κ3) is 7.59. The summed E-state index contributed by atoms with van der Waals surface area (Å²) in [6, 6.07) is 12.4. The summed E-state index contributed by atoms with van der Waals surface area (Å²) in [7, 11) is -2.19. The average Bonchev–Trinajstić information content (AvgIpc) is 2.70. The Hall–Kier alpha value is -2.47. The number of carbonyl (C=O) groups excluding carboxylic acids is 1. The van der Waals surface area contributed by atoms with Gasteiger partial charge in [0.2, 0.25) is 15.9 Å². The van der Waals surface area contributed by atoms with E-state index in [1.165, 1.54) is 38.4 Å². The fraction of sp³-hybridized carbons (Fsp3) is 0.381. The first kappa shape index (κ1) is 25.8. The molecule has 9 nitrogen and oxygen atoms in total. The topological polar surface area (TPSA) is 113 Å². The maximum absolute atomic E-state index is 12.3. The van der Waals surface area contributed by atoms with E-state index in [0.29, 0.717) is 31.0 Å². The molecule has 0 spiro atoms. The lowest BCUT2D eigenvalue weighted by Gasteiger charge is -2.17. The lowest BCUT2D eigenvalue weighted by atomic mass is 10.3. The number of hydrogen-bond acceptors (Lipinski definition) is 7. The van der Waals surface area contributed by atoms with Crippen LogP contribution in [-0.2, 0) is 24.7 Å². The third-order valence-corrected chi connectivity index (χ3v) is 7.42. The molecule has 0 saturated heterocycles. The van der Waals surface area contributed by atoms with Crippen LogP contribution < -0.4 is 10.1 Å². The highest BCUT2D eigenvalue weighted by Gasteiger charge is 2.17. The standard InChI is InChI=1S/C21H29N3O6S2/c1-23(2)32(28,29)20-11-5-8-17(14-20)22-21(25)16-24(3)12-7-13-30-18-9-6-10-19(15-18)31(4,26)27/h5-6,8-11,14-15H,7,12-13,16H2,1-4H3,(H,22,25). The van der Waals surface area contributed by atoms with E-state index < -0.39 is 19.9 Å². The van der Waals surface area contributed by atoms with Crippen molar-refractivity contribution in [3.05, 3.63) is 48.5 Å². The van der Waals surface area contributed by atoms with E-state index in [9.17, 15) is 21.6 Å². The van der Waals surface area contributed by atoms with Gasteiger partial charge in [0.1, 0.15) is 5.75 Å². The number of nitrogens with zero attached hydrogens (tertiary/aromatic N) is 2. The maximum Gasteiger partial charge on any atom is 0.242 e. The number of benzene rings is 2. The number of likely N-dealkylation sites (N-methyl/N-ethyl adjacent to an activating group) is 1. The second-order valence-corrected chi connectivity index (χ2v) is 11.7. The van der Waals surface area contributed by atoms with Gasteiger partial charge < -0.3 is 10.1 Å². The summed E-state index contributed by atoms with van der Waals surface area (Å²) in [6.45, 7) is 1.06. The minimum Gasteiger partial charge on any atom is -0.494 e. The van der Waals surface area contributed by atoms with Gasteiger partial charge in [0, 0.05) is 32.6 Å². The predicted molar refractivity (Wildman–Crippen MR) is 123 cm³/mol. The Balaban J connectivity index is 1.81. The Bertz CT molecular complexity index is 1150. The third-order valence-electron chi connectivity index (χ3n) is 4.50. The summed E-state index contributed by atoms with van der Waals surface area (Å²) in [5.74, 6) is 0.203. The molecule has 0 atom stereocenters. The van der Waals surface area contributed by atoms with Gasteiger partial charge in [-0.2, -0.15) is 0 Å². The molecule has 0 radical (unpaired) electrons. The van der Waals surface area contributed by atoms with E-state index in [1.54, 1.807) is 31.3 Å². The van der Waals surface area contributed by atoms with Gasteiger partial charge >= 0.3 is 0 Å². The van der Waals surface area contributed by atoms with Gasteiger partial charge in [-0.25, -0.2) is 21.1 Å². The van der Waals surface area contributed by atoms with E-state index in [0.717, 1.165) is 10.6 Å². The molecule has 176 valence electrons. The van der Waals surface area contributed by atoms with Crippen molar-refractivity contribution in [3.8, 4) is 5.75 Å². The van der Waals surface area contributed by atoms with Gasteiger partial charge in [0.15, 0.2) is 9.84 Å². The van der Waals surface area contributed by atoms with Gasteiger partial charge in [-0.05, 0) is 49.9 Å². The molecular weight excluding hydrogens is 454 g/mol. The summed E-state index contributed by atoms with van der Waals surface area (Å²) >= 11 is 0. The molecule has 0 unspecified atom stereocenters. The molecule has 0 aromatic heterocycles. The smallest absolute Gasteiger partial charge is 0.242 e. The lowest BCUT2D eigenvalue weighted by Crippen LogP contribution is -2.31. The maximum atomic E-state index is 12.3. The number of sulfonamides is 1. The van der Waals surface area contributed by atoms with Crippen LogP contribution in [0.4, 0.5) is 5.69 Å². The van der Waals surface area contributed by atoms with E-state index >= 15 is 0 Å². The van der Waals surface area contributed by atoms with Crippen LogP contribution in [0.15, 0.2) is 58.3 Å². The summed E-state index contributed by atoms with van der Waals surface area (Å²) in [6.07, 6.45) is 1.77. The van der Waals surface area contributed by atoms with E-state index in [2.05, 4.69) is 5.32 Å². The van der Waals surface area contributed by atoms with Crippen molar-refractivity contribution in [1.82, 2.24) is 9.21 Å². The first-order chi connectivity index (χ1) is 14.9. The van der Waals surface area contributed by atoms with Crippen molar-refractivity contribution in [1.29, 1.82) is 0 Å². The molecule has 2 rings (SSSR count). The Labute approximate surface area is 190 Å². The van der Waals surface area contributed by atoms with Gasteiger partial charge in [0.25, 0.3) is 0 Å². The van der Waals surface area contributed by atoms with Crippen LogP contribution in [0.5, 0.6) is 5.75 Å².